The van der Waals surface area contributed by atoms with E-state index in [0.29, 0.717) is 0 Å². The molecule has 1 aromatic heterocycles. The van der Waals surface area contributed by atoms with Crippen molar-refractivity contribution in [2.45, 2.75) is 59.0 Å². The molecule has 0 aliphatic carbocycles. The summed E-state index contributed by atoms with van der Waals surface area (Å²) in [7, 11) is 0. The average Bonchev–Trinajstić information content (AvgIpc) is 2.43. The molecular weight excluding hydrogens is 234 g/mol. The number of hydrogen-bond donors (Lipinski definition) is 1. The Bertz CT molecular complexity index is 372. The van der Waals surface area contributed by atoms with Crippen molar-refractivity contribution in [3.8, 4) is 0 Å². The molecule has 0 aliphatic rings. The molecule has 1 heterocycles. The van der Waals surface area contributed by atoms with E-state index in [4.69, 9.17) is 5.73 Å². The molecule has 0 bridgehead atoms. The summed E-state index contributed by atoms with van der Waals surface area (Å²) in [6.07, 6.45) is 3.42. The first-order valence-corrected chi connectivity index (χ1v) is 7.49. The summed E-state index contributed by atoms with van der Waals surface area (Å²) >= 11 is 0. The van der Waals surface area contributed by atoms with Crippen molar-refractivity contribution in [3.05, 3.63) is 29.6 Å². The van der Waals surface area contributed by atoms with Gasteiger partial charge in [-0.2, -0.15) is 0 Å². The van der Waals surface area contributed by atoms with E-state index in [0.717, 1.165) is 43.9 Å². The van der Waals surface area contributed by atoms with Crippen molar-refractivity contribution in [3.63, 3.8) is 0 Å². The van der Waals surface area contributed by atoms with Crippen LogP contribution in [0.3, 0.4) is 0 Å². The largest absolute Gasteiger partial charge is 0.329 e. The summed E-state index contributed by atoms with van der Waals surface area (Å²) in [4.78, 5) is 7.12. The fraction of sp³-hybridized carbons (Fsp3) is 0.688. The Morgan fingerprint density at radius 3 is 2.47 bits per heavy atom. The average molecular weight is 263 g/mol. The van der Waals surface area contributed by atoms with Crippen molar-refractivity contribution < 1.29 is 0 Å². The summed E-state index contributed by atoms with van der Waals surface area (Å²) in [5.41, 5.74) is 8.45. The van der Waals surface area contributed by atoms with Gasteiger partial charge in [-0.15, -0.1) is 0 Å². The van der Waals surface area contributed by atoms with Gasteiger partial charge in [0.15, 0.2) is 0 Å². The van der Waals surface area contributed by atoms with E-state index in [-0.39, 0.29) is 5.54 Å². The van der Waals surface area contributed by atoms with E-state index in [9.17, 15) is 0 Å². The van der Waals surface area contributed by atoms with Crippen molar-refractivity contribution in [2.75, 3.05) is 13.1 Å². The van der Waals surface area contributed by atoms with Gasteiger partial charge >= 0.3 is 0 Å². The van der Waals surface area contributed by atoms with Crippen molar-refractivity contribution in [1.29, 1.82) is 0 Å². The third-order valence-electron chi connectivity index (χ3n) is 4.10. The Kier molecular flexibility index (Phi) is 6.46. The lowest BCUT2D eigenvalue weighted by Crippen LogP contribution is -2.53. The zero-order valence-electron chi connectivity index (χ0n) is 12.9. The molecule has 0 aromatic carbocycles. The molecule has 19 heavy (non-hydrogen) atoms. The van der Waals surface area contributed by atoms with Gasteiger partial charge in [-0.05, 0) is 38.4 Å². The molecule has 3 nitrogen and oxygen atoms in total. The van der Waals surface area contributed by atoms with Gasteiger partial charge in [0.1, 0.15) is 0 Å². The smallest absolute Gasteiger partial charge is 0.0547 e. The van der Waals surface area contributed by atoms with E-state index >= 15 is 0 Å². The van der Waals surface area contributed by atoms with Gasteiger partial charge in [0.25, 0.3) is 0 Å². The number of aryl methyl sites for hydroxylation is 1. The van der Waals surface area contributed by atoms with Gasteiger partial charge in [-0.3, -0.25) is 9.88 Å². The monoisotopic (exact) mass is 263 g/mol. The van der Waals surface area contributed by atoms with Crippen LogP contribution < -0.4 is 5.73 Å². The quantitative estimate of drug-likeness (QED) is 0.783. The zero-order chi connectivity index (χ0) is 14.3. The predicted molar refractivity (Wildman–Crippen MR) is 82.0 cm³/mol. The molecule has 0 saturated carbocycles. The molecule has 0 fully saturated rings. The minimum absolute atomic E-state index is 0.120. The molecule has 1 atom stereocenters. The van der Waals surface area contributed by atoms with E-state index in [1.165, 1.54) is 6.42 Å². The van der Waals surface area contributed by atoms with Crippen LogP contribution in [0.25, 0.3) is 0 Å². The second kappa shape index (κ2) is 7.61. The molecule has 3 heteroatoms. The predicted octanol–water partition coefficient (Wildman–Crippen LogP) is 3.12. The molecule has 108 valence electrons. The van der Waals surface area contributed by atoms with Crippen LogP contribution in [0.1, 0.15) is 51.4 Å². The number of aromatic nitrogens is 1. The Morgan fingerprint density at radius 2 is 2.00 bits per heavy atom. The maximum Gasteiger partial charge on any atom is 0.0547 e. The van der Waals surface area contributed by atoms with Crippen LogP contribution in [0.5, 0.6) is 0 Å². The second-order valence-electron chi connectivity index (χ2n) is 5.32. The fourth-order valence-electron chi connectivity index (χ4n) is 2.90. The van der Waals surface area contributed by atoms with Gasteiger partial charge < -0.3 is 5.73 Å². The van der Waals surface area contributed by atoms with Gasteiger partial charge in [0.05, 0.1) is 5.69 Å². The van der Waals surface area contributed by atoms with Gasteiger partial charge in [-0.1, -0.05) is 33.3 Å². The third-order valence-corrected chi connectivity index (χ3v) is 4.10. The van der Waals surface area contributed by atoms with E-state index in [1.807, 2.05) is 13.0 Å². The molecule has 0 aliphatic heterocycles. The normalized spacial score (nSPS) is 14.6. The molecule has 2 N–H and O–H groups in total. The molecule has 0 amide bonds. The highest BCUT2D eigenvalue weighted by atomic mass is 15.2. The van der Waals surface area contributed by atoms with Crippen molar-refractivity contribution >= 4 is 0 Å². The lowest BCUT2D eigenvalue weighted by molar-refractivity contribution is 0.0760. The maximum atomic E-state index is 6.10. The lowest BCUT2D eigenvalue weighted by Gasteiger charge is -2.42. The van der Waals surface area contributed by atoms with Crippen molar-refractivity contribution in [1.82, 2.24) is 9.88 Å². The van der Waals surface area contributed by atoms with Crippen LogP contribution >= 0.6 is 0 Å². The molecule has 0 radical (unpaired) electrons. The standard InChI is InChI=1S/C16H29N3/c1-5-11-16(6-2,13-17)19(7-3)12-15-10-8-9-14(4)18-15/h8-10H,5-7,11-13,17H2,1-4H3. The number of nitrogens with zero attached hydrogens (tertiary/aromatic N) is 2. The van der Waals surface area contributed by atoms with E-state index < -0.39 is 0 Å². The van der Waals surface area contributed by atoms with Crippen LogP contribution in [0.2, 0.25) is 0 Å². The summed E-state index contributed by atoms with van der Waals surface area (Å²) in [5, 5.41) is 0. The molecule has 1 rings (SSSR count). The minimum Gasteiger partial charge on any atom is -0.329 e. The Balaban J connectivity index is 2.91. The fourth-order valence-corrected chi connectivity index (χ4v) is 2.90. The Labute approximate surface area is 118 Å². The molecular formula is C16H29N3. The highest BCUT2D eigenvalue weighted by Gasteiger charge is 2.32. The highest BCUT2D eigenvalue weighted by Crippen LogP contribution is 2.26. The molecule has 0 spiro atoms. The van der Waals surface area contributed by atoms with Crippen LogP contribution in [0, 0.1) is 6.92 Å². The number of hydrogen-bond acceptors (Lipinski definition) is 3. The van der Waals surface area contributed by atoms with Gasteiger partial charge in [-0.25, -0.2) is 0 Å². The summed E-state index contributed by atoms with van der Waals surface area (Å²) in [5.74, 6) is 0. The lowest BCUT2D eigenvalue weighted by atomic mass is 9.88. The Hall–Kier alpha value is -0.930. The Morgan fingerprint density at radius 1 is 1.26 bits per heavy atom. The summed E-state index contributed by atoms with van der Waals surface area (Å²) in [6, 6.07) is 6.24. The first-order valence-electron chi connectivity index (χ1n) is 7.49. The van der Waals surface area contributed by atoms with E-state index in [2.05, 4.69) is 42.8 Å². The number of pyridine rings is 1. The van der Waals surface area contributed by atoms with Gasteiger partial charge in [0, 0.05) is 24.3 Å². The summed E-state index contributed by atoms with van der Waals surface area (Å²) < 4.78 is 0. The first kappa shape index (κ1) is 16.1. The minimum atomic E-state index is 0.120. The van der Waals surface area contributed by atoms with Gasteiger partial charge in [0.2, 0.25) is 0 Å². The first-order chi connectivity index (χ1) is 9.11. The zero-order valence-corrected chi connectivity index (χ0v) is 12.9. The molecule has 1 unspecified atom stereocenters. The number of rotatable bonds is 8. The van der Waals surface area contributed by atoms with E-state index in [1.54, 1.807) is 0 Å². The summed E-state index contributed by atoms with van der Waals surface area (Å²) in [6.45, 7) is 11.4. The number of nitrogens with two attached hydrogens (primary N) is 1. The number of likely N-dealkylation sites (N-methyl/N-ethyl adjacent to an activating group) is 1. The second-order valence-corrected chi connectivity index (χ2v) is 5.32. The molecule has 1 aromatic rings. The van der Waals surface area contributed by atoms with Crippen molar-refractivity contribution in [2.24, 2.45) is 5.73 Å². The molecule has 0 saturated heterocycles. The van der Waals surface area contributed by atoms with Crippen LogP contribution in [-0.2, 0) is 6.54 Å². The topological polar surface area (TPSA) is 42.1 Å². The highest BCUT2D eigenvalue weighted by molar-refractivity contribution is 5.10. The SMILES string of the molecule is CCCC(CC)(CN)N(CC)Cc1cccc(C)n1. The third kappa shape index (κ3) is 4.02. The maximum absolute atomic E-state index is 6.10. The van der Waals surface area contributed by atoms with Crippen LogP contribution in [0.15, 0.2) is 18.2 Å². The van der Waals surface area contributed by atoms with Crippen LogP contribution in [-0.4, -0.2) is 28.5 Å². The van der Waals surface area contributed by atoms with Crippen LogP contribution in [0.4, 0.5) is 0 Å².